The Bertz CT molecular complexity index is 878. The SMILES string of the molecule is COC(=O)c1ccc(C(=O)N2CCC(Oc3cc(C)oc(=O)c3)CC2)cc1. The number of amides is 1. The molecule has 1 aromatic heterocycles. The van der Waals surface area contributed by atoms with Crippen LogP contribution < -0.4 is 10.4 Å². The highest BCUT2D eigenvalue weighted by atomic mass is 16.5. The van der Waals surface area contributed by atoms with Crippen molar-refractivity contribution in [3.63, 3.8) is 0 Å². The Kier molecular flexibility index (Phi) is 5.59. The van der Waals surface area contributed by atoms with Gasteiger partial charge in [0.2, 0.25) is 0 Å². The van der Waals surface area contributed by atoms with E-state index in [1.165, 1.54) is 13.2 Å². The lowest BCUT2D eigenvalue weighted by Gasteiger charge is -2.32. The van der Waals surface area contributed by atoms with Gasteiger partial charge >= 0.3 is 11.6 Å². The van der Waals surface area contributed by atoms with Crippen molar-refractivity contribution < 1.29 is 23.5 Å². The monoisotopic (exact) mass is 371 g/mol. The summed E-state index contributed by atoms with van der Waals surface area (Å²) in [7, 11) is 1.32. The molecule has 142 valence electrons. The second kappa shape index (κ2) is 8.07. The molecule has 3 rings (SSSR count). The maximum Gasteiger partial charge on any atom is 0.339 e. The molecule has 0 spiro atoms. The second-order valence-corrected chi connectivity index (χ2v) is 6.40. The topological polar surface area (TPSA) is 86.1 Å². The average molecular weight is 371 g/mol. The lowest BCUT2D eigenvalue weighted by Crippen LogP contribution is -2.41. The van der Waals surface area contributed by atoms with Crippen LogP contribution in [0, 0.1) is 6.92 Å². The first-order valence-corrected chi connectivity index (χ1v) is 8.72. The Hall–Kier alpha value is -3.09. The van der Waals surface area contributed by atoms with Crippen LogP contribution in [0.25, 0.3) is 0 Å². The second-order valence-electron chi connectivity index (χ2n) is 6.40. The summed E-state index contributed by atoms with van der Waals surface area (Å²) in [5.74, 6) is 0.477. The van der Waals surface area contributed by atoms with Gasteiger partial charge in [0.05, 0.1) is 18.7 Å². The van der Waals surface area contributed by atoms with E-state index in [4.69, 9.17) is 9.15 Å². The third-order valence-corrected chi connectivity index (χ3v) is 4.45. The Morgan fingerprint density at radius 1 is 1.07 bits per heavy atom. The molecule has 1 amide bonds. The summed E-state index contributed by atoms with van der Waals surface area (Å²) in [6, 6.07) is 9.43. The van der Waals surface area contributed by atoms with E-state index >= 15 is 0 Å². The lowest BCUT2D eigenvalue weighted by molar-refractivity contribution is 0.0584. The fourth-order valence-corrected chi connectivity index (χ4v) is 3.06. The number of aryl methyl sites for hydroxylation is 1. The molecule has 0 radical (unpaired) electrons. The Balaban J connectivity index is 1.57. The zero-order chi connectivity index (χ0) is 19.4. The summed E-state index contributed by atoms with van der Waals surface area (Å²) >= 11 is 0. The molecule has 7 heteroatoms. The molecule has 7 nitrogen and oxygen atoms in total. The van der Waals surface area contributed by atoms with Crippen LogP contribution in [0.1, 0.15) is 39.3 Å². The van der Waals surface area contributed by atoms with Crippen LogP contribution in [-0.4, -0.2) is 43.1 Å². The van der Waals surface area contributed by atoms with Crippen LogP contribution in [0.5, 0.6) is 5.75 Å². The van der Waals surface area contributed by atoms with Crippen LogP contribution in [0.4, 0.5) is 0 Å². The van der Waals surface area contributed by atoms with Gasteiger partial charge in [0.25, 0.3) is 5.91 Å². The van der Waals surface area contributed by atoms with Gasteiger partial charge in [0.1, 0.15) is 17.6 Å². The molecule has 2 aromatic rings. The minimum absolute atomic E-state index is 0.0584. The van der Waals surface area contributed by atoms with E-state index in [0.717, 1.165) is 0 Å². The van der Waals surface area contributed by atoms with E-state index < -0.39 is 11.6 Å². The largest absolute Gasteiger partial charge is 0.490 e. The van der Waals surface area contributed by atoms with Crippen molar-refractivity contribution in [3.8, 4) is 5.75 Å². The van der Waals surface area contributed by atoms with Crippen LogP contribution in [0.2, 0.25) is 0 Å². The number of likely N-dealkylation sites (tertiary alicyclic amines) is 1. The molecule has 0 unspecified atom stereocenters. The first-order chi connectivity index (χ1) is 13.0. The number of rotatable bonds is 4. The van der Waals surface area contributed by atoms with E-state index in [0.29, 0.717) is 48.6 Å². The van der Waals surface area contributed by atoms with Crippen molar-refractivity contribution in [3.05, 3.63) is 63.7 Å². The molecule has 0 atom stereocenters. The summed E-state index contributed by atoms with van der Waals surface area (Å²) in [4.78, 5) is 37.3. The molecule has 1 saturated heterocycles. The van der Waals surface area contributed by atoms with Crippen LogP contribution in [0.3, 0.4) is 0 Å². The van der Waals surface area contributed by atoms with Gasteiger partial charge < -0.3 is 18.8 Å². The standard InChI is InChI=1S/C20H21NO6/c1-13-11-17(12-18(22)26-13)27-16-7-9-21(10-8-16)19(23)14-3-5-15(6-4-14)20(24)25-2/h3-6,11-12,16H,7-10H2,1-2H3. The van der Waals surface area contributed by atoms with Gasteiger partial charge in [-0.2, -0.15) is 0 Å². The molecule has 27 heavy (non-hydrogen) atoms. The summed E-state index contributed by atoms with van der Waals surface area (Å²) in [5.41, 5.74) is 0.495. The van der Waals surface area contributed by atoms with Gasteiger partial charge in [-0.1, -0.05) is 0 Å². The van der Waals surface area contributed by atoms with E-state index in [-0.39, 0.29) is 12.0 Å². The Labute approximate surface area is 156 Å². The van der Waals surface area contributed by atoms with Gasteiger partial charge in [-0.25, -0.2) is 9.59 Å². The average Bonchev–Trinajstić information content (AvgIpc) is 2.67. The third kappa shape index (κ3) is 4.55. The van der Waals surface area contributed by atoms with E-state index in [1.807, 2.05) is 0 Å². The fraction of sp³-hybridized carbons (Fsp3) is 0.350. The summed E-state index contributed by atoms with van der Waals surface area (Å²) in [6.07, 6.45) is 1.29. The minimum atomic E-state index is -0.437. The highest BCUT2D eigenvalue weighted by Gasteiger charge is 2.25. The summed E-state index contributed by atoms with van der Waals surface area (Å²) in [6.45, 7) is 2.81. The van der Waals surface area contributed by atoms with Crippen LogP contribution >= 0.6 is 0 Å². The van der Waals surface area contributed by atoms with Crippen molar-refractivity contribution in [2.45, 2.75) is 25.9 Å². The molecular formula is C20H21NO6. The highest BCUT2D eigenvalue weighted by Crippen LogP contribution is 2.20. The summed E-state index contributed by atoms with van der Waals surface area (Å²) < 4.78 is 15.4. The number of hydrogen-bond acceptors (Lipinski definition) is 6. The molecule has 0 bridgehead atoms. The van der Waals surface area contributed by atoms with E-state index in [1.54, 1.807) is 42.2 Å². The number of piperidine rings is 1. The molecule has 0 aliphatic carbocycles. The normalized spacial score (nSPS) is 14.7. The molecule has 1 aromatic carbocycles. The van der Waals surface area contributed by atoms with Crippen molar-refractivity contribution in [2.75, 3.05) is 20.2 Å². The van der Waals surface area contributed by atoms with E-state index in [9.17, 15) is 14.4 Å². The highest BCUT2D eigenvalue weighted by molar-refractivity contribution is 5.96. The van der Waals surface area contributed by atoms with Gasteiger partial charge in [0, 0.05) is 37.6 Å². The number of methoxy groups -OCH3 is 1. The molecular weight excluding hydrogens is 350 g/mol. The number of carbonyl (C=O) groups is 2. The van der Waals surface area contributed by atoms with Crippen LogP contribution in [0.15, 0.2) is 45.6 Å². The van der Waals surface area contributed by atoms with Crippen molar-refractivity contribution in [1.29, 1.82) is 0 Å². The smallest absolute Gasteiger partial charge is 0.339 e. The van der Waals surface area contributed by atoms with Gasteiger partial charge in [-0.05, 0) is 31.2 Å². The maximum atomic E-state index is 12.6. The summed E-state index contributed by atoms with van der Waals surface area (Å²) in [5, 5.41) is 0. The minimum Gasteiger partial charge on any atom is -0.490 e. The molecule has 1 aliphatic rings. The number of ether oxygens (including phenoxy) is 2. The molecule has 0 N–H and O–H groups in total. The Morgan fingerprint density at radius 2 is 1.70 bits per heavy atom. The van der Waals surface area contributed by atoms with Crippen molar-refractivity contribution in [2.24, 2.45) is 0 Å². The predicted molar refractivity (Wildman–Crippen MR) is 97.1 cm³/mol. The first-order valence-electron chi connectivity index (χ1n) is 8.72. The number of carbonyl (C=O) groups excluding carboxylic acids is 2. The van der Waals surface area contributed by atoms with Gasteiger partial charge in [0.15, 0.2) is 0 Å². The van der Waals surface area contributed by atoms with Crippen molar-refractivity contribution >= 4 is 11.9 Å². The molecule has 1 fully saturated rings. The van der Waals surface area contributed by atoms with Crippen LogP contribution in [-0.2, 0) is 4.74 Å². The zero-order valence-corrected chi connectivity index (χ0v) is 15.3. The third-order valence-electron chi connectivity index (χ3n) is 4.45. The number of nitrogens with zero attached hydrogens (tertiary/aromatic N) is 1. The predicted octanol–water partition coefficient (Wildman–Crippen LogP) is 2.42. The number of esters is 1. The van der Waals surface area contributed by atoms with Crippen molar-refractivity contribution in [1.82, 2.24) is 4.90 Å². The molecule has 2 heterocycles. The quantitative estimate of drug-likeness (QED) is 0.767. The van der Waals surface area contributed by atoms with Gasteiger partial charge in [-0.15, -0.1) is 0 Å². The lowest BCUT2D eigenvalue weighted by atomic mass is 10.1. The fourth-order valence-electron chi connectivity index (χ4n) is 3.06. The van der Waals surface area contributed by atoms with E-state index in [2.05, 4.69) is 4.74 Å². The maximum absolute atomic E-state index is 12.6. The number of hydrogen-bond donors (Lipinski definition) is 0. The Morgan fingerprint density at radius 3 is 2.30 bits per heavy atom. The zero-order valence-electron chi connectivity index (χ0n) is 15.3. The van der Waals surface area contributed by atoms with Gasteiger partial charge in [-0.3, -0.25) is 4.79 Å². The molecule has 1 aliphatic heterocycles. The molecule has 0 saturated carbocycles. The number of benzene rings is 1. The first kappa shape index (κ1) is 18.7.